The van der Waals surface area contributed by atoms with Gasteiger partial charge in [0, 0.05) is 12.6 Å². The molecule has 0 aromatic heterocycles. The summed E-state index contributed by atoms with van der Waals surface area (Å²) in [6.07, 6.45) is 7.55. The summed E-state index contributed by atoms with van der Waals surface area (Å²) < 4.78 is 5.11. The van der Waals surface area contributed by atoms with Crippen LogP contribution in [0.15, 0.2) is 0 Å². The number of rotatable bonds is 3. The van der Waals surface area contributed by atoms with Crippen molar-refractivity contribution in [3.63, 3.8) is 0 Å². The molecule has 4 bridgehead atoms. The zero-order valence-corrected chi connectivity index (χ0v) is 10.9. The van der Waals surface area contributed by atoms with E-state index in [1.807, 2.05) is 6.92 Å². The van der Waals surface area contributed by atoms with Gasteiger partial charge in [0.1, 0.15) is 6.10 Å². The van der Waals surface area contributed by atoms with Crippen LogP contribution >= 0.6 is 0 Å². The van der Waals surface area contributed by atoms with Crippen molar-refractivity contribution >= 4 is 5.91 Å². The van der Waals surface area contributed by atoms with Crippen molar-refractivity contribution in [2.24, 2.45) is 17.8 Å². The van der Waals surface area contributed by atoms with Crippen LogP contribution in [0.4, 0.5) is 0 Å². The Hall–Kier alpha value is -0.570. The summed E-state index contributed by atoms with van der Waals surface area (Å²) in [5, 5.41) is 3.31. The van der Waals surface area contributed by atoms with Crippen LogP contribution in [0.3, 0.4) is 0 Å². The number of carbonyl (C=O) groups is 1. The summed E-state index contributed by atoms with van der Waals surface area (Å²) in [4.78, 5) is 12.0. The molecule has 0 heterocycles. The lowest BCUT2D eigenvalue weighted by Gasteiger charge is -2.57. The lowest BCUT2D eigenvalue weighted by molar-refractivity contribution is -0.135. The molecule has 1 N–H and O–H groups in total. The van der Waals surface area contributed by atoms with Gasteiger partial charge in [-0.25, -0.2) is 0 Å². The summed E-state index contributed by atoms with van der Waals surface area (Å²) in [5.41, 5.74) is 0.124. The van der Waals surface area contributed by atoms with E-state index in [0.717, 1.165) is 17.8 Å². The average molecular weight is 237 g/mol. The Balaban J connectivity index is 1.72. The van der Waals surface area contributed by atoms with Gasteiger partial charge < -0.3 is 10.1 Å². The van der Waals surface area contributed by atoms with E-state index in [9.17, 15) is 4.79 Å². The lowest BCUT2D eigenvalue weighted by atomic mass is 9.53. The SMILES string of the molecule is COC(C)C(=O)NC12CC3CC(CC(C3)C1)C2. The summed E-state index contributed by atoms with van der Waals surface area (Å²) >= 11 is 0. The van der Waals surface area contributed by atoms with Crippen molar-refractivity contribution in [2.45, 2.75) is 57.1 Å². The van der Waals surface area contributed by atoms with Crippen molar-refractivity contribution in [3.05, 3.63) is 0 Å². The van der Waals surface area contributed by atoms with E-state index in [4.69, 9.17) is 4.74 Å². The normalized spacial score (nSPS) is 44.7. The van der Waals surface area contributed by atoms with Crippen LogP contribution in [0.25, 0.3) is 0 Å². The molecule has 4 fully saturated rings. The maximum atomic E-state index is 12.0. The number of carbonyl (C=O) groups excluding carboxylic acids is 1. The van der Waals surface area contributed by atoms with Crippen LogP contribution < -0.4 is 5.32 Å². The van der Waals surface area contributed by atoms with E-state index in [0.29, 0.717) is 0 Å². The van der Waals surface area contributed by atoms with Gasteiger partial charge in [0.15, 0.2) is 0 Å². The Morgan fingerprint density at radius 2 is 1.65 bits per heavy atom. The molecule has 96 valence electrons. The molecule has 1 amide bonds. The largest absolute Gasteiger partial charge is 0.372 e. The molecule has 17 heavy (non-hydrogen) atoms. The van der Waals surface area contributed by atoms with Crippen molar-refractivity contribution in [2.75, 3.05) is 7.11 Å². The molecule has 0 aromatic carbocycles. The number of methoxy groups -OCH3 is 1. The van der Waals surface area contributed by atoms with E-state index >= 15 is 0 Å². The molecule has 0 spiro atoms. The van der Waals surface area contributed by atoms with Gasteiger partial charge >= 0.3 is 0 Å². The zero-order valence-electron chi connectivity index (χ0n) is 10.9. The van der Waals surface area contributed by atoms with Gasteiger partial charge in [-0.05, 0) is 63.2 Å². The lowest BCUT2D eigenvalue weighted by Crippen LogP contribution is -2.61. The summed E-state index contributed by atoms with van der Waals surface area (Å²) in [6, 6.07) is 0. The second-order valence-electron chi connectivity index (χ2n) is 6.57. The molecule has 0 saturated heterocycles. The van der Waals surface area contributed by atoms with Crippen molar-refractivity contribution in [3.8, 4) is 0 Å². The van der Waals surface area contributed by atoms with Gasteiger partial charge in [0.2, 0.25) is 5.91 Å². The van der Waals surface area contributed by atoms with Gasteiger partial charge in [-0.2, -0.15) is 0 Å². The van der Waals surface area contributed by atoms with Gasteiger partial charge in [0.05, 0.1) is 0 Å². The van der Waals surface area contributed by atoms with E-state index < -0.39 is 0 Å². The first kappa shape index (κ1) is 11.5. The van der Waals surface area contributed by atoms with Gasteiger partial charge in [-0.15, -0.1) is 0 Å². The first-order valence-electron chi connectivity index (χ1n) is 6.95. The summed E-state index contributed by atoms with van der Waals surface area (Å²) in [5.74, 6) is 2.70. The Morgan fingerprint density at radius 1 is 1.18 bits per heavy atom. The quantitative estimate of drug-likeness (QED) is 0.816. The fourth-order valence-corrected chi connectivity index (χ4v) is 4.73. The molecule has 0 aliphatic heterocycles. The van der Waals surface area contributed by atoms with Crippen molar-refractivity contribution < 1.29 is 9.53 Å². The number of amides is 1. The van der Waals surface area contributed by atoms with Crippen LogP contribution in [-0.2, 0) is 9.53 Å². The van der Waals surface area contributed by atoms with E-state index in [2.05, 4.69) is 5.32 Å². The summed E-state index contributed by atoms with van der Waals surface area (Å²) in [6.45, 7) is 1.83. The minimum Gasteiger partial charge on any atom is -0.372 e. The number of hydrogen-bond acceptors (Lipinski definition) is 2. The highest BCUT2D eigenvalue weighted by molar-refractivity contribution is 5.81. The molecular weight excluding hydrogens is 214 g/mol. The maximum Gasteiger partial charge on any atom is 0.249 e. The van der Waals surface area contributed by atoms with Crippen LogP contribution in [-0.4, -0.2) is 24.7 Å². The number of ether oxygens (including phenoxy) is 1. The molecule has 0 aromatic rings. The van der Waals surface area contributed by atoms with Gasteiger partial charge in [0.25, 0.3) is 0 Å². The molecule has 4 aliphatic rings. The molecule has 0 radical (unpaired) electrons. The predicted molar refractivity (Wildman–Crippen MR) is 65.5 cm³/mol. The molecule has 3 heteroatoms. The van der Waals surface area contributed by atoms with Crippen LogP contribution in [0, 0.1) is 17.8 Å². The molecule has 3 nitrogen and oxygen atoms in total. The Kier molecular flexibility index (Phi) is 2.69. The molecule has 4 rings (SSSR count). The van der Waals surface area contributed by atoms with Gasteiger partial charge in [-0.3, -0.25) is 4.79 Å². The third-order valence-electron chi connectivity index (χ3n) is 5.15. The molecular formula is C14H23NO2. The third kappa shape index (κ3) is 1.99. The predicted octanol–water partition coefficient (Wildman–Crippen LogP) is 2.11. The summed E-state index contributed by atoms with van der Waals surface area (Å²) in [7, 11) is 1.60. The van der Waals surface area contributed by atoms with Crippen molar-refractivity contribution in [1.82, 2.24) is 5.32 Å². The van der Waals surface area contributed by atoms with Gasteiger partial charge in [-0.1, -0.05) is 0 Å². The molecule has 4 aliphatic carbocycles. The third-order valence-corrected chi connectivity index (χ3v) is 5.15. The first-order valence-corrected chi connectivity index (χ1v) is 6.95. The maximum absolute atomic E-state index is 12.0. The zero-order chi connectivity index (χ0) is 12.0. The Labute approximate surface area is 103 Å². The highest BCUT2D eigenvalue weighted by Crippen LogP contribution is 2.55. The fourth-order valence-electron chi connectivity index (χ4n) is 4.73. The van der Waals surface area contributed by atoms with Crippen LogP contribution in [0.1, 0.15) is 45.4 Å². The van der Waals surface area contributed by atoms with Crippen LogP contribution in [0.2, 0.25) is 0 Å². The van der Waals surface area contributed by atoms with E-state index in [-0.39, 0.29) is 17.6 Å². The minimum atomic E-state index is -0.317. The smallest absolute Gasteiger partial charge is 0.249 e. The Bertz CT molecular complexity index is 291. The number of hydrogen-bond donors (Lipinski definition) is 1. The van der Waals surface area contributed by atoms with E-state index in [1.54, 1.807) is 7.11 Å². The molecule has 4 saturated carbocycles. The molecule has 1 unspecified atom stereocenters. The second-order valence-corrected chi connectivity index (χ2v) is 6.57. The monoisotopic (exact) mass is 237 g/mol. The number of nitrogens with one attached hydrogen (secondary N) is 1. The minimum absolute atomic E-state index is 0.0782. The average Bonchev–Trinajstić information content (AvgIpc) is 2.25. The topological polar surface area (TPSA) is 38.3 Å². The molecule has 1 atom stereocenters. The highest BCUT2D eigenvalue weighted by Gasteiger charge is 2.51. The fraction of sp³-hybridized carbons (Fsp3) is 0.929. The second kappa shape index (κ2) is 3.98. The Morgan fingerprint density at radius 3 is 2.06 bits per heavy atom. The standard InChI is InChI=1S/C14H23NO2/c1-9(17-2)13(16)15-14-6-10-3-11(7-14)5-12(4-10)8-14/h9-12H,3-8H2,1-2H3,(H,15,16). The van der Waals surface area contributed by atoms with E-state index in [1.165, 1.54) is 38.5 Å². The van der Waals surface area contributed by atoms with Crippen LogP contribution in [0.5, 0.6) is 0 Å². The van der Waals surface area contributed by atoms with Crippen molar-refractivity contribution in [1.29, 1.82) is 0 Å². The highest BCUT2D eigenvalue weighted by atomic mass is 16.5. The first-order chi connectivity index (χ1) is 8.10.